The number of halogens is 1. The van der Waals surface area contributed by atoms with E-state index in [4.69, 9.17) is 5.11 Å². The van der Waals surface area contributed by atoms with Gasteiger partial charge in [-0.2, -0.15) is 0 Å². The maximum Gasteiger partial charge on any atom is 0.354 e. The van der Waals surface area contributed by atoms with Gasteiger partial charge in [-0.3, -0.25) is 0 Å². The zero-order valence-electron chi connectivity index (χ0n) is 12.3. The quantitative estimate of drug-likeness (QED) is 0.573. The predicted molar refractivity (Wildman–Crippen MR) is 86.5 cm³/mol. The molecule has 0 aliphatic rings. The summed E-state index contributed by atoms with van der Waals surface area (Å²) in [5, 5.41) is 11.5. The first-order valence-electron chi connectivity index (χ1n) is 6.23. The first-order valence-corrected chi connectivity index (χ1v) is 7.02. The molecule has 1 rings (SSSR count). The van der Waals surface area contributed by atoms with E-state index in [1.807, 2.05) is 0 Å². The van der Waals surface area contributed by atoms with Crippen LogP contribution in [-0.4, -0.2) is 37.2 Å². The van der Waals surface area contributed by atoms with E-state index in [0.29, 0.717) is 15.7 Å². The summed E-state index contributed by atoms with van der Waals surface area (Å²) in [6.45, 7) is 0. The Labute approximate surface area is 140 Å². The van der Waals surface area contributed by atoms with Gasteiger partial charge in [0.2, 0.25) is 0 Å². The molecule has 0 atom stereocenters. The standard InChI is InChI=1S/C15H14BrNO6/c1-22-14(20)8-12(15(21)23-2)17-11-7-10(16)5-3-9(11)4-6-13(18)19/h3-8,17H,1-2H3,(H,18,19)/b6-4?,12-8+. The molecule has 1 aromatic rings. The van der Waals surface area contributed by atoms with E-state index in [1.165, 1.54) is 20.3 Å². The monoisotopic (exact) mass is 383 g/mol. The van der Waals surface area contributed by atoms with E-state index in [2.05, 4.69) is 30.7 Å². The molecule has 0 aromatic heterocycles. The van der Waals surface area contributed by atoms with E-state index in [1.54, 1.807) is 18.2 Å². The highest BCUT2D eigenvalue weighted by Gasteiger charge is 2.14. The topological polar surface area (TPSA) is 102 Å². The molecule has 2 N–H and O–H groups in total. The van der Waals surface area contributed by atoms with Crippen LogP contribution in [0.5, 0.6) is 0 Å². The van der Waals surface area contributed by atoms with E-state index in [0.717, 1.165) is 12.2 Å². The normalized spacial score (nSPS) is 11.2. The Morgan fingerprint density at radius 1 is 1.22 bits per heavy atom. The molecule has 0 fully saturated rings. The highest BCUT2D eigenvalue weighted by molar-refractivity contribution is 9.10. The van der Waals surface area contributed by atoms with Gasteiger partial charge in [-0.1, -0.05) is 22.0 Å². The van der Waals surface area contributed by atoms with E-state index in [-0.39, 0.29) is 5.70 Å². The maximum atomic E-state index is 11.7. The lowest BCUT2D eigenvalue weighted by Gasteiger charge is -2.12. The summed E-state index contributed by atoms with van der Waals surface area (Å²) in [6.07, 6.45) is 3.25. The second-order valence-electron chi connectivity index (χ2n) is 4.10. The number of aliphatic carboxylic acids is 1. The van der Waals surface area contributed by atoms with Crippen LogP contribution in [-0.2, 0) is 23.9 Å². The molecule has 0 amide bonds. The van der Waals surface area contributed by atoms with E-state index < -0.39 is 17.9 Å². The minimum atomic E-state index is -1.11. The van der Waals surface area contributed by atoms with Crippen LogP contribution < -0.4 is 5.32 Å². The number of ether oxygens (including phenoxy) is 2. The summed E-state index contributed by atoms with van der Waals surface area (Å²) in [5.74, 6) is -2.63. The average Bonchev–Trinajstić information content (AvgIpc) is 2.52. The fourth-order valence-electron chi connectivity index (χ4n) is 1.52. The molecule has 0 bridgehead atoms. The summed E-state index contributed by atoms with van der Waals surface area (Å²) >= 11 is 3.28. The van der Waals surface area contributed by atoms with Crippen molar-refractivity contribution >= 4 is 45.6 Å². The van der Waals surface area contributed by atoms with Crippen molar-refractivity contribution in [3.63, 3.8) is 0 Å². The molecular formula is C15H14BrNO6. The number of nitrogens with one attached hydrogen (secondary N) is 1. The van der Waals surface area contributed by atoms with Crippen LogP contribution in [0.2, 0.25) is 0 Å². The van der Waals surface area contributed by atoms with Crippen LogP contribution in [0.4, 0.5) is 5.69 Å². The Kier molecular flexibility index (Phi) is 7.01. The lowest BCUT2D eigenvalue weighted by molar-refractivity contribution is -0.138. The van der Waals surface area contributed by atoms with Crippen LogP contribution in [0.15, 0.2) is 40.5 Å². The molecule has 7 nitrogen and oxygen atoms in total. The highest BCUT2D eigenvalue weighted by Crippen LogP contribution is 2.24. The molecule has 0 heterocycles. The summed E-state index contributed by atoms with van der Waals surface area (Å²) in [7, 11) is 2.34. The molecule has 1 aromatic carbocycles. The second-order valence-corrected chi connectivity index (χ2v) is 5.02. The summed E-state index contributed by atoms with van der Waals surface area (Å²) < 4.78 is 9.77. The van der Waals surface area contributed by atoms with Crippen LogP contribution in [0.3, 0.4) is 0 Å². The summed E-state index contributed by atoms with van der Waals surface area (Å²) in [5.41, 5.74) is 0.745. The van der Waals surface area contributed by atoms with Gasteiger partial charge in [-0.15, -0.1) is 0 Å². The van der Waals surface area contributed by atoms with Gasteiger partial charge >= 0.3 is 17.9 Å². The third-order valence-electron chi connectivity index (χ3n) is 2.56. The number of carbonyl (C=O) groups excluding carboxylic acids is 2. The van der Waals surface area contributed by atoms with Crippen molar-refractivity contribution in [3.05, 3.63) is 46.1 Å². The largest absolute Gasteiger partial charge is 0.478 e. The maximum absolute atomic E-state index is 11.7. The number of hydrogen-bond donors (Lipinski definition) is 2. The van der Waals surface area contributed by atoms with Crippen molar-refractivity contribution in [1.82, 2.24) is 0 Å². The van der Waals surface area contributed by atoms with Gasteiger partial charge in [0.05, 0.1) is 20.3 Å². The van der Waals surface area contributed by atoms with Crippen molar-refractivity contribution in [3.8, 4) is 0 Å². The molecule has 0 aliphatic carbocycles. The van der Waals surface area contributed by atoms with Gasteiger partial charge in [0.15, 0.2) is 0 Å². The lowest BCUT2D eigenvalue weighted by Crippen LogP contribution is -2.16. The molecule has 0 spiro atoms. The van der Waals surface area contributed by atoms with E-state index >= 15 is 0 Å². The van der Waals surface area contributed by atoms with Gasteiger partial charge in [0.25, 0.3) is 0 Å². The summed E-state index contributed by atoms with van der Waals surface area (Å²) in [4.78, 5) is 33.7. The Balaban J connectivity index is 3.24. The Morgan fingerprint density at radius 2 is 1.91 bits per heavy atom. The van der Waals surface area contributed by atoms with Gasteiger partial charge < -0.3 is 19.9 Å². The molecule has 0 radical (unpaired) electrons. The molecule has 23 heavy (non-hydrogen) atoms. The first kappa shape index (κ1) is 18.4. The molecule has 0 aliphatic heterocycles. The number of carboxylic acids is 1. The molecule has 0 unspecified atom stereocenters. The van der Waals surface area contributed by atoms with Gasteiger partial charge in [0.1, 0.15) is 5.70 Å². The van der Waals surface area contributed by atoms with Crippen molar-refractivity contribution in [2.45, 2.75) is 0 Å². The Hall–Kier alpha value is -2.61. The number of hydrogen-bond acceptors (Lipinski definition) is 6. The second kappa shape index (κ2) is 8.74. The van der Waals surface area contributed by atoms with Crippen molar-refractivity contribution in [2.75, 3.05) is 19.5 Å². The minimum absolute atomic E-state index is 0.151. The molecular weight excluding hydrogens is 370 g/mol. The van der Waals surface area contributed by atoms with Crippen LogP contribution in [0.1, 0.15) is 5.56 Å². The summed E-state index contributed by atoms with van der Waals surface area (Å²) in [6, 6.07) is 4.96. The molecule has 0 saturated heterocycles. The Bertz CT molecular complexity index is 681. The van der Waals surface area contributed by atoms with Crippen molar-refractivity contribution in [2.24, 2.45) is 0 Å². The first-order chi connectivity index (χ1) is 10.9. The third-order valence-corrected chi connectivity index (χ3v) is 3.05. The number of rotatable bonds is 6. The smallest absolute Gasteiger partial charge is 0.354 e. The molecule has 8 heteroatoms. The predicted octanol–water partition coefficient (Wildman–Crippen LogP) is 2.19. The van der Waals surface area contributed by atoms with E-state index in [9.17, 15) is 14.4 Å². The number of esters is 2. The molecule has 122 valence electrons. The van der Waals surface area contributed by atoms with Crippen molar-refractivity contribution < 1.29 is 29.0 Å². The van der Waals surface area contributed by atoms with Crippen LogP contribution in [0, 0.1) is 0 Å². The number of methoxy groups -OCH3 is 2. The number of carbonyl (C=O) groups is 3. The fourth-order valence-corrected chi connectivity index (χ4v) is 1.88. The molecule has 0 saturated carbocycles. The lowest BCUT2D eigenvalue weighted by atomic mass is 10.1. The fraction of sp³-hybridized carbons (Fsp3) is 0.133. The zero-order valence-corrected chi connectivity index (χ0v) is 13.9. The SMILES string of the molecule is COC(=O)/C=C(/Nc1cc(Br)ccc1C=CC(=O)O)C(=O)OC. The van der Waals surface area contributed by atoms with Crippen molar-refractivity contribution in [1.29, 1.82) is 0 Å². The number of anilines is 1. The Morgan fingerprint density at radius 3 is 2.48 bits per heavy atom. The van der Waals surface area contributed by atoms with Gasteiger partial charge in [0, 0.05) is 16.2 Å². The number of benzene rings is 1. The van der Waals surface area contributed by atoms with Gasteiger partial charge in [-0.05, 0) is 23.8 Å². The third kappa shape index (κ3) is 5.95. The number of carboxylic acid groups (broad SMARTS) is 1. The van der Waals surface area contributed by atoms with Crippen LogP contribution in [0.25, 0.3) is 6.08 Å². The minimum Gasteiger partial charge on any atom is -0.478 e. The average molecular weight is 384 g/mol. The zero-order chi connectivity index (χ0) is 17.4. The van der Waals surface area contributed by atoms with Crippen LogP contribution >= 0.6 is 15.9 Å². The highest BCUT2D eigenvalue weighted by atomic mass is 79.9. The van der Waals surface area contributed by atoms with Gasteiger partial charge in [-0.25, -0.2) is 14.4 Å².